The van der Waals surface area contributed by atoms with E-state index in [1.165, 1.54) is 0 Å². The number of hydrogen-bond donors (Lipinski definition) is 0. The molecule has 94 valence electrons. The van der Waals surface area contributed by atoms with Gasteiger partial charge in [-0.25, -0.2) is 0 Å². The molecule has 0 atom stereocenters. The number of nitrogens with zero attached hydrogens (tertiary/aromatic N) is 3. The summed E-state index contributed by atoms with van der Waals surface area (Å²) in [7, 11) is 4.10. The van der Waals surface area contributed by atoms with Gasteiger partial charge in [-0.3, -0.25) is 4.90 Å². The van der Waals surface area contributed by atoms with Crippen molar-refractivity contribution in [2.45, 2.75) is 18.4 Å². The first kappa shape index (κ1) is 11.9. The van der Waals surface area contributed by atoms with Crippen LogP contribution in [0.5, 0.6) is 0 Å². The first-order valence-electron chi connectivity index (χ1n) is 5.89. The molecule has 0 saturated heterocycles. The lowest BCUT2D eigenvalue weighted by Crippen LogP contribution is -2.27. The van der Waals surface area contributed by atoms with Gasteiger partial charge in [0.2, 0.25) is 11.7 Å². The highest BCUT2D eigenvalue weighted by Crippen LogP contribution is 2.49. The molecule has 0 aliphatic heterocycles. The Bertz CT molecular complexity index is 558. The maximum absolute atomic E-state index is 5.42. The van der Waals surface area contributed by atoms with Gasteiger partial charge in [-0.05, 0) is 51.2 Å². The van der Waals surface area contributed by atoms with E-state index in [9.17, 15) is 0 Å². The van der Waals surface area contributed by atoms with Crippen molar-refractivity contribution in [1.29, 1.82) is 0 Å². The molecule has 1 aromatic heterocycles. The van der Waals surface area contributed by atoms with Crippen LogP contribution in [0.25, 0.3) is 11.4 Å². The van der Waals surface area contributed by atoms with Crippen LogP contribution in [0.4, 0.5) is 0 Å². The highest BCUT2D eigenvalue weighted by Gasteiger charge is 2.51. The molecule has 1 aliphatic carbocycles. The van der Waals surface area contributed by atoms with E-state index in [2.05, 4.69) is 45.1 Å². The standard InChI is InChI=1S/C13H14BrN3O/c1-17(2)13(7-8-13)12-15-11(16-18-12)9-3-5-10(14)6-4-9/h3-6H,7-8H2,1-2H3. The van der Waals surface area contributed by atoms with E-state index in [-0.39, 0.29) is 5.54 Å². The summed E-state index contributed by atoms with van der Waals surface area (Å²) in [4.78, 5) is 6.69. The zero-order chi connectivity index (χ0) is 12.8. The molecular formula is C13H14BrN3O. The normalized spacial score (nSPS) is 17.1. The lowest BCUT2D eigenvalue weighted by atomic mass is 10.2. The lowest BCUT2D eigenvalue weighted by Gasteiger charge is -2.18. The SMILES string of the molecule is CN(C)C1(c2nc(-c3ccc(Br)cc3)no2)CC1. The molecule has 0 bridgehead atoms. The van der Waals surface area contributed by atoms with E-state index < -0.39 is 0 Å². The first-order chi connectivity index (χ1) is 8.62. The summed E-state index contributed by atoms with van der Waals surface area (Å²) >= 11 is 3.41. The maximum Gasteiger partial charge on any atom is 0.247 e. The molecule has 1 saturated carbocycles. The summed E-state index contributed by atoms with van der Waals surface area (Å²) < 4.78 is 6.47. The van der Waals surface area contributed by atoms with Crippen LogP contribution >= 0.6 is 15.9 Å². The van der Waals surface area contributed by atoms with Crippen molar-refractivity contribution in [3.63, 3.8) is 0 Å². The van der Waals surface area contributed by atoms with Crippen molar-refractivity contribution in [2.24, 2.45) is 0 Å². The van der Waals surface area contributed by atoms with Crippen LogP contribution in [-0.4, -0.2) is 29.1 Å². The summed E-state index contributed by atoms with van der Waals surface area (Å²) in [6, 6.07) is 7.91. The fourth-order valence-corrected chi connectivity index (χ4v) is 2.36. The van der Waals surface area contributed by atoms with Crippen LogP contribution in [0.15, 0.2) is 33.3 Å². The minimum atomic E-state index is -0.0272. The maximum atomic E-state index is 5.42. The third-order valence-electron chi connectivity index (χ3n) is 3.51. The van der Waals surface area contributed by atoms with Crippen molar-refractivity contribution < 1.29 is 4.52 Å². The molecule has 1 heterocycles. The van der Waals surface area contributed by atoms with E-state index in [1.54, 1.807) is 0 Å². The van der Waals surface area contributed by atoms with Gasteiger partial charge in [-0.2, -0.15) is 4.98 Å². The smallest absolute Gasteiger partial charge is 0.247 e. The average molecular weight is 308 g/mol. The Morgan fingerprint density at radius 2 is 1.89 bits per heavy atom. The predicted octanol–water partition coefficient (Wildman–Crippen LogP) is 3.05. The lowest BCUT2D eigenvalue weighted by molar-refractivity contribution is 0.208. The summed E-state index contributed by atoms with van der Waals surface area (Å²) in [5.41, 5.74) is 0.948. The van der Waals surface area contributed by atoms with Crippen molar-refractivity contribution in [3.8, 4) is 11.4 Å². The summed E-state index contributed by atoms with van der Waals surface area (Å²) in [5, 5.41) is 4.08. The van der Waals surface area contributed by atoms with Gasteiger partial charge in [-0.1, -0.05) is 21.1 Å². The van der Waals surface area contributed by atoms with Gasteiger partial charge in [-0.15, -0.1) is 0 Å². The zero-order valence-electron chi connectivity index (χ0n) is 10.4. The van der Waals surface area contributed by atoms with Crippen LogP contribution in [-0.2, 0) is 5.54 Å². The Balaban J connectivity index is 1.92. The minimum Gasteiger partial charge on any atom is -0.337 e. The van der Waals surface area contributed by atoms with Crippen LogP contribution < -0.4 is 0 Å². The van der Waals surface area contributed by atoms with Gasteiger partial charge < -0.3 is 4.52 Å². The van der Waals surface area contributed by atoms with Gasteiger partial charge in [0, 0.05) is 10.0 Å². The quantitative estimate of drug-likeness (QED) is 0.874. The molecule has 1 aliphatic rings. The molecule has 0 spiro atoms. The van der Waals surface area contributed by atoms with Gasteiger partial charge in [0.15, 0.2) is 0 Å². The van der Waals surface area contributed by atoms with E-state index in [0.29, 0.717) is 5.82 Å². The van der Waals surface area contributed by atoms with Crippen molar-refractivity contribution >= 4 is 15.9 Å². The third-order valence-corrected chi connectivity index (χ3v) is 4.03. The van der Waals surface area contributed by atoms with E-state index >= 15 is 0 Å². The van der Waals surface area contributed by atoms with Crippen LogP contribution in [0, 0.1) is 0 Å². The molecule has 3 rings (SSSR count). The number of aromatic nitrogens is 2. The molecule has 1 fully saturated rings. The van der Waals surface area contributed by atoms with Crippen molar-refractivity contribution in [2.75, 3.05) is 14.1 Å². The molecule has 18 heavy (non-hydrogen) atoms. The summed E-state index contributed by atoms with van der Waals surface area (Å²) in [5.74, 6) is 1.39. The minimum absolute atomic E-state index is 0.0272. The monoisotopic (exact) mass is 307 g/mol. The summed E-state index contributed by atoms with van der Waals surface area (Å²) in [6.45, 7) is 0. The predicted molar refractivity (Wildman–Crippen MR) is 72.0 cm³/mol. The van der Waals surface area contributed by atoms with Crippen molar-refractivity contribution in [3.05, 3.63) is 34.6 Å². The Labute approximate surface area is 114 Å². The average Bonchev–Trinajstić information content (AvgIpc) is 3.03. The molecule has 4 nitrogen and oxygen atoms in total. The van der Waals surface area contributed by atoms with Crippen LogP contribution in [0.3, 0.4) is 0 Å². The fourth-order valence-electron chi connectivity index (χ4n) is 2.10. The zero-order valence-corrected chi connectivity index (χ0v) is 11.9. The Kier molecular flexibility index (Phi) is 2.75. The molecule has 2 aromatic rings. The molecule has 1 aromatic carbocycles. The molecule has 5 heteroatoms. The second kappa shape index (κ2) is 4.17. The largest absolute Gasteiger partial charge is 0.337 e. The summed E-state index contributed by atoms with van der Waals surface area (Å²) in [6.07, 6.45) is 2.17. The van der Waals surface area contributed by atoms with Gasteiger partial charge in [0.25, 0.3) is 0 Å². The number of hydrogen-bond acceptors (Lipinski definition) is 4. The van der Waals surface area contributed by atoms with Gasteiger partial charge in [0.05, 0.1) is 0 Å². The van der Waals surface area contributed by atoms with E-state index in [0.717, 1.165) is 28.8 Å². The number of rotatable bonds is 3. The molecule has 0 amide bonds. The highest BCUT2D eigenvalue weighted by molar-refractivity contribution is 9.10. The van der Waals surface area contributed by atoms with E-state index in [4.69, 9.17) is 4.52 Å². The molecule has 0 unspecified atom stereocenters. The van der Waals surface area contributed by atoms with Crippen LogP contribution in [0.2, 0.25) is 0 Å². The second-order valence-corrected chi connectivity index (χ2v) is 5.77. The molecular weight excluding hydrogens is 294 g/mol. The molecule has 0 N–H and O–H groups in total. The second-order valence-electron chi connectivity index (χ2n) is 4.86. The Morgan fingerprint density at radius 3 is 2.44 bits per heavy atom. The highest BCUT2D eigenvalue weighted by atomic mass is 79.9. The Morgan fingerprint density at radius 1 is 1.22 bits per heavy atom. The van der Waals surface area contributed by atoms with E-state index in [1.807, 2.05) is 24.3 Å². The van der Waals surface area contributed by atoms with Crippen LogP contribution in [0.1, 0.15) is 18.7 Å². The Hall–Kier alpha value is -1.20. The topological polar surface area (TPSA) is 42.2 Å². The molecule has 0 radical (unpaired) electrons. The first-order valence-corrected chi connectivity index (χ1v) is 6.69. The number of benzene rings is 1. The fraction of sp³-hybridized carbons (Fsp3) is 0.385. The number of halogens is 1. The van der Waals surface area contributed by atoms with Gasteiger partial charge in [0.1, 0.15) is 5.54 Å². The van der Waals surface area contributed by atoms with Crippen molar-refractivity contribution in [1.82, 2.24) is 15.0 Å². The van der Waals surface area contributed by atoms with Gasteiger partial charge >= 0.3 is 0 Å². The third kappa shape index (κ3) is 1.87.